The molecule has 2 fully saturated rings. The minimum atomic E-state index is -0.521. The Morgan fingerprint density at radius 2 is 2.07 bits per heavy atom. The molecule has 2 aliphatic heterocycles. The standard InChI is InChI=1S/C21H26N4O3/c1-16-8-11-25(22-16)12-9-19(26)24-13-10-21(17-6-4-3-5-7-17)18(14-24)28-15-20(27)23(21)2/h3-8,11,18H,9-10,12-15H2,1-2H3/t18-,21+/m1/s1. The molecule has 4 rings (SSSR count). The molecule has 2 aromatic rings. The largest absolute Gasteiger partial charge is 0.364 e. The first-order chi connectivity index (χ1) is 13.5. The fraction of sp³-hybridized carbons (Fsp3) is 0.476. The number of aromatic nitrogens is 2. The summed E-state index contributed by atoms with van der Waals surface area (Å²) in [6.45, 7) is 3.65. The average molecular weight is 382 g/mol. The molecule has 2 atom stereocenters. The topological polar surface area (TPSA) is 67.7 Å². The number of amides is 2. The number of benzene rings is 1. The maximum absolute atomic E-state index is 12.8. The number of carbonyl (C=O) groups excluding carboxylic acids is 2. The number of ether oxygens (including phenoxy) is 1. The number of likely N-dealkylation sites (tertiary alicyclic amines) is 1. The van der Waals surface area contributed by atoms with Gasteiger partial charge in [-0.3, -0.25) is 14.3 Å². The molecule has 2 amide bonds. The van der Waals surface area contributed by atoms with Crippen LogP contribution in [-0.4, -0.2) is 64.2 Å². The van der Waals surface area contributed by atoms with E-state index in [1.165, 1.54) is 0 Å². The van der Waals surface area contributed by atoms with E-state index in [2.05, 4.69) is 5.10 Å². The van der Waals surface area contributed by atoms with Crippen LogP contribution in [0.25, 0.3) is 0 Å². The molecular weight excluding hydrogens is 356 g/mol. The number of aryl methyl sites for hydroxylation is 2. The van der Waals surface area contributed by atoms with Gasteiger partial charge < -0.3 is 14.5 Å². The van der Waals surface area contributed by atoms with E-state index in [-0.39, 0.29) is 24.5 Å². The van der Waals surface area contributed by atoms with Gasteiger partial charge in [-0.05, 0) is 25.0 Å². The summed E-state index contributed by atoms with van der Waals surface area (Å²) in [6, 6.07) is 12.0. The highest BCUT2D eigenvalue weighted by molar-refractivity contribution is 5.80. The van der Waals surface area contributed by atoms with Gasteiger partial charge in [-0.2, -0.15) is 5.10 Å². The highest BCUT2D eigenvalue weighted by Gasteiger charge is 2.53. The molecule has 0 aliphatic carbocycles. The summed E-state index contributed by atoms with van der Waals surface area (Å²) < 4.78 is 7.77. The fourth-order valence-corrected chi connectivity index (χ4v) is 4.41. The van der Waals surface area contributed by atoms with Crippen LogP contribution < -0.4 is 0 Å². The molecule has 1 aromatic heterocycles. The monoisotopic (exact) mass is 382 g/mol. The molecule has 0 unspecified atom stereocenters. The van der Waals surface area contributed by atoms with Crippen LogP contribution in [0.5, 0.6) is 0 Å². The van der Waals surface area contributed by atoms with E-state index in [0.717, 1.165) is 11.3 Å². The molecule has 148 valence electrons. The Hall–Kier alpha value is -2.67. The summed E-state index contributed by atoms with van der Waals surface area (Å²) in [4.78, 5) is 28.9. The van der Waals surface area contributed by atoms with Crippen LogP contribution in [0.15, 0.2) is 42.6 Å². The third kappa shape index (κ3) is 3.20. The number of nitrogens with zero attached hydrogens (tertiary/aromatic N) is 4. The predicted molar refractivity (Wildman–Crippen MR) is 103 cm³/mol. The number of hydrogen-bond acceptors (Lipinski definition) is 4. The number of likely N-dealkylation sites (N-methyl/N-ethyl adjacent to an activating group) is 1. The average Bonchev–Trinajstić information content (AvgIpc) is 3.14. The first-order valence-corrected chi connectivity index (χ1v) is 9.72. The van der Waals surface area contributed by atoms with Crippen molar-refractivity contribution in [1.29, 1.82) is 0 Å². The number of morpholine rings is 1. The number of fused-ring (bicyclic) bond motifs is 1. The molecule has 2 saturated heterocycles. The number of carbonyl (C=O) groups is 2. The van der Waals surface area contributed by atoms with E-state index >= 15 is 0 Å². The first-order valence-electron chi connectivity index (χ1n) is 9.72. The van der Waals surface area contributed by atoms with E-state index < -0.39 is 5.54 Å². The Morgan fingerprint density at radius 3 is 2.79 bits per heavy atom. The van der Waals surface area contributed by atoms with E-state index in [0.29, 0.717) is 32.5 Å². The summed E-state index contributed by atoms with van der Waals surface area (Å²) >= 11 is 0. The second-order valence-corrected chi connectivity index (χ2v) is 7.60. The van der Waals surface area contributed by atoms with Crippen molar-refractivity contribution in [3.05, 3.63) is 53.9 Å². The van der Waals surface area contributed by atoms with E-state index in [1.54, 1.807) is 4.68 Å². The summed E-state index contributed by atoms with van der Waals surface area (Å²) in [5.74, 6) is 0.0758. The molecule has 28 heavy (non-hydrogen) atoms. The third-order valence-corrected chi connectivity index (χ3v) is 6.02. The summed E-state index contributed by atoms with van der Waals surface area (Å²) in [6.07, 6.45) is 2.73. The van der Waals surface area contributed by atoms with Gasteiger partial charge in [0, 0.05) is 39.3 Å². The molecule has 0 N–H and O–H groups in total. The van der Waals surface area contributed by atoms with Crippen LogP contribution in [0.1, 0.15) is 24.1 Å². The van der Waals surface area contributed by atoms with Crippen molar-refractivity contribution >= 4 is 11.8 Å². The van der Waals surface area contributed by atoms with Crippen molar-refractivity contribution in [2.45, 2.75) is 38.0 Å². The SMILES string of the molecule is Cc1ccn(CCC(=O)N2CC[C@]3(c4ccccc4)[C@@H](C2)OCC(=O)N3C)n1. The minimum Gasteiger partial charge on any atom is -0.364 e. The van der Waals surface area contributed by atoms with Gasteiger partial charge in [-0.25, -0.2) is 0 Å². The second-order valence-electron chi connectivity index (χ2n) is 7.60. The second kappa shape index (κ2) is 7.39. The molecule has 1 aromatic carbocycles. The summed E-state index contributed by atoms with van der Waals surface area (Å²) in [5, 5.41) is 4.34. The lowest BCUT2D eigenvalue weighted by Crippen LogP contribution is -2.67. The molecule has 0 spiro atoms. The number of piperidine rings is 1. The van der Waals surface area contributed by atoms with Gasteiger partial charge in [-0.15, -0.1) is 0 Å². The quantitative estimate of drug-likeness (QED) is 0.805. The van der Waals surface area contributed by atoms with Gasteiger partial charge in [0.2, 0.25) is 11.8 Å². The molecule has 7 heteroatoms. The van der Waals surface area contributed by atoms with Gasteiger partial charge in [0.1, 0.15) is 12.7 Å². The molecule has 0 bridgehead atoms. The van der Waals surface area contributed by atoms with E-state index in [1.807, 2.05) is 66.4 Å². The van der Waals surface area contributed by atoms with Crippen molar-refractivity contribution in [3.63, 3.8) is 0 Å². The number of rotatable bonds is 4. The summed E-state index contributed by atoms with van der Waals surface area (Å²) in [5.41, 5.74) is 1.49. The fourth-order valence-electron chi connectivity index (χ4n) is 4.41. The van der Waals surface area contributed by atoms with Crippen LogP contribution in [0.4, 0.5) is 0 Å². The lowest BCUT2D eigenvalue weighted by atomic mass is 9.76. The van der Waals surface area contributed by atoms with Crippen molar-refractivity contribution in [2.24, 2.45) is 0 Å². The van der Waals surface area contributed by atoms with Gasteiger partial charge in [0.25, 0.3) is 0 Å². The van der Waals surface area contributed by atoms with Crippen LogP contribution >= 0.6 is 0 Å². The maximum Gasteiger partial charge on any atom is 0.249 e. The summed E-state index contributed by atoms with van der Waals surface area (Å²) in [7, 11) is 1.85. The Labute approximate surface area is 164 Å². The Bertz CT molecular complexity index is 866. The first kappa shape index (κ1) is 18.7. The van der Waals surface area contributed by atoms with Crippen LogP contribution in [-0.2, 0) is 26.4 Å². The van der Waals surface area contributed by atoms with Crippen LogP contribution in [0.2, 0.25) is 0 Å². The molecular formula is C21H26N4O3. The van der Waals surface area contributed by atoms with Crippen LogP contribution in [0.3, 0.4) is 0 Å². The van der Waals surface area contributed by atoms with Crippen molar-refractivity contribution in [2.75, 3.05) is 26.7 Å². The predicted octanol–water partition coefficient (Wildman–Crippen LogP) is 1.57. The molecule has 0 saturated carbocycles. The van der Waals surface area contributed by atoms with Gasteiger partial charge in [-0.1, -0.05) is 30.3 Å². The molecule has 3 heterocycles. The van der Waals surface area contributed by atoms with Crippen LogP contribution in [0, 0.1) is 6.92 Å². The van der Waals surface area contributed by atoms with Crippen molar-refractivity contribution in [3.8, 4) is 0 Å². The lowest BCUT2D eigenvalue weighted by molar-refractivity contribution is -0.184. The van der Waals surface area contributed by atoms with Crippen molar-refractivity contribution in [1.82, 2.24) is 19.6 Å². The Kier molecular flexibility index (Phi) is 4.93. The molecule has 0 radical (unpaired) electrons. The minimum absolute atomic E-state index is 0.0195. The van der Waals surface area contributed by atoms with Gasteiger partial charge >= 0.3 is 0 Å². The lowest BCUT2D eigenvalue weighted by Gasteiger charge is -2.54. The third-order valence-electron chi connectivity index (χ3n) is 6.02. The van der Waals surface area contributed by atoms with E-state index in [4.69, 9.17) is 4.74 Å². The normalized spacial score (nSPS) is 24.9. The smallest absolute Gasteiger partial charge is 0.249 e. The maximum atomic E-state index is 12.8. The van der Waals surface area contributed by atoms with E-state index in [9.17, 15) is 9.59 Å². The molecule has 2 aliphatic rings. The number of hydrogen-bond donors (Lipinski definition) is 0. The van der Waals surface area contributed by atoms with Gasteiger partial charge in [0.05, 0.1) is 11.2 Å². The Morgan fingerprint density at radius 1 is 1.29 bits per heavy atom. The zero-order valence-corrected chi connectivity index (χ0v) is 16.4. The Balaban J connectivity index is 1.50. The van der Waals surface area contributed by atoms with Gasteiger partial charge in [0.15, 0.2) is 0 Å². The zero-order valence-electron chi connectivity index (χ0n) is 16.4. The highest BCUT2D eigenvalue weighted by Crippen LogP contribution is 2.42. The molecule has 7 nitrogen and oxygen atoms in total. The van der Waals surface area contributed by atoms with Crippen molar-refractivity contribution < 1.29 is 14.3 Å². The zero-order chi connectivity index (χ0) is 19.7. The highest BCUT2D eigenvalue weighted by atomic mass is 16.5.